The van der Waals surface area contributed by atoms with Gasteiger partial charge >= 0.3 is 0 Å². The van der Waals surface area contributed by atoms with Crippen molar-refractivity contribution in [2.75, 3.05) is 18.0 Å². The third-order valence-corrected chi connectivity index (χ3v) is 3.81. The van der Waals surface area contributed by atoms with Gasteiger partial charge in [-0.05, 0) is 34.8 Å². The Morgan fingerprint density at radius 3 is 2.89 bits per heavy atom. The summed E-state index contributed by atoms with van der Waals surface area (Å²) in [7, 11) is 0. The summed E-state index contributed by atoms with van der Waals surface area (Å²) in [4.78, 5) is 23.0. The molecule has 0 aliphatic carbocycles. The number of nitro groups is 1. The molecule has 0 aromatic heterocycles. The number of piperidine rings is 1. The number of anilines is 1. The maximum absolute atomic E-state index is 13.4. The van der Waals surface area contributed by atoms with Gasteiger partial charge in [0.2, 0.25) is 0 Å². The zero-order valence-electron chi connectivity index (χ0n) is 10.0. The van der Waals surface area contributed by atoms with Crippen molar-refractivity contribution in [3.05, 3.63) is 32.5 Å². The summed E-state index contributed by atoms with van der Waals surface area (Å²) >= 11 is 3.03. The van der Waals surface area contributed by atoms with Crippen molar-refractivity contribution in [2.24, 2.45) is 5.92 Å². The van der Waals surface area contributed by atoms with Crippen LogP contribution in [0.1, 0.15) is 12.8 Å². The van der Waals surface area contributed by atoms with E-state index in [1.807, 2.05) is 0 Å². The molecule has 19 heavy (non-hydrogen) atoms. The minimum atomic E-state index is -0.667. The topological polar surface area (TPSA) is 63.5 Å². The summed E-state index contributed by atoms with van der Waals surface area (Å²) in [5.74, 6) is -0.795. The van der Waals surface area contributed by atoms with Gasteiger partial charge in [0.15, 0.2) is 0 Å². The van der Waals surface area contributed by atoms with Gasteiger partial charge in [-0.2, -0.15) is 0 Å². The number of nitrogens with zero attached hydrogens (tertiary/aromatic N) is 2. The second-order valence-corrected chi connectivity index (χ2v) is 5.35. The van der Waals surface area contributed by atoms with E-state index in [1.165, 1.54) is 6.07 Å². The lowest BCUT2D eigenvalue weighted by atomic mass is 9.99. The predicted molar refractivity (Wildman–Crippen MR) is 71.8 cm³/mol. The highest BCUT2D eigenvalue weighted by atomic mass is 79.9. The molecule has 0 amide bonds. The van der Waals surface area contributed by atoms with Crippen LogP contribution in [0, 0.1) is 21.8 Å². The molecule has 1 aliphatic rings. The smallest absolute Gasteiger partial charge is 0.295 e. The van der Waals surface area contributed by atoms with Crippen LogP contribution in [0.4, 0.5) is 15.8 Å². The fourth-order valence-electron chi connectivity index (χ4n) is 2.27. The first-order valence-corrected chi connectivity index (χ1v) is 6.66. The zero-order chi connectivity index (χ0) is 14.0. The minimum absolute atomic E-state index is 0.128. The van der Waals surface area contributed by atoms with E-state index in [1.54, 1.807) is 4.90 Å². The number of hydrogen-bond donors (Lipinski definition) is 0. The van der Waals surface area contributed by atoms with E-state index in [9.17, 15) is 19.3 Å². The van der Waals surface area contributed by atoms with Crippen molar-refractivity contribution in [1.29, 1.82) is 0 Å². The standard InChI is InChI=1S/C12H12BrFN2O3/c13-9-4-11(12(16(18)19)5-10(9)14)15-3-1-2-8(6-15)7-17/h4-5,7-8H,1-3,6H2. The van der Waals surface area contributed by atoms with E-state index in [2.05, 4.69) is 15.9 Å². The zero-order valence-corrected chi connectivity index (χ0v) is 11.6. The molecule has 1 aliphatic heterocycles. The first-order valence-electron chi connectivity index (χ1n) is 5.86. The molecule has 7 heteroatoms. The van der Waals surface area contributed by atoms with Crippen LogP contribution >= 0.6 is 15.9 Å². The molecule has 0 N–H and O–H groups in total. The first-order chi connectivity index (χ1) is 9.02. The van der Waals surface area contributed by atoms with Gasteiger partial charge < -0.3 is 9.69 Å². The molecule has 0 spiro atoms. The first kappa shape index (κ1) is 13.9. The molecule has 1 atom stereocenters. The van der Waals surface area contributed by atoms with Gasteiger partial charge in [-0.3, -0.25) is 10.1 Å². The predicted octanol–water partition coefficient (Wildman–Crippen LogP) is 2.91. The van der Waals surface area contributed by atoms with Gasteiger partial charge in [-0.25, -0.2) is 4.39 Å². The van der Waals surface area contributed by atoms with Crippen molar-refractivity contribution in [2.45, 2.75) is 12.8 Å². The summed E-state index contributed by atoms with van der Waals surface area (Å²) in [6.45, 7) is 1.06. The van der Waals surface area contributed by atoms with Crippen LogP contribution in [0.2, 0.25) is 0 Å². The fraction of sp³-hybridized carbons (Fsp3) is 0.417. The summed E-state index contributed by atoms with van der Waals surface area (Å²) < 4.78 is 13.6. The van der Waals surface area contributed by atoms with Gasteiger partial charge in [0, 0.05) is 19.0 Å². The number of halogens is 2. The number of rotatable bonds is 3. The Bertz CT molecular complexity index is 524. The maximum atomic E-state index is 13.4. The van der Waals surface area contributed by atoms with E-state index in [0.29, 0.717) is 18.8 Å². The Labute approximate surface area is 117 Å². The molecule has 0 radical (unpaired) electrons. The van der Waals surface area contributed by atoms with E-state index in [0.717, 1.165) is 25.2 Å². The third-order valence-electron chi connectivity index (χ3n) is 3.21. The molecule has 2 rings (SSSR count). The molecule has 1 aromatic rings. The SMILES string of the molecule is O=CC1CCCN(c2cc(Br)c(F)cc2[N+](=O)[O-])C1. The number of hydrogen-bond acceptors (Lipinski definition) is 4. The molecule has 1 aromatic carbocycles. The molecule has 0 saturated carbocycles. The van der Waals surface area contributed by atoms with Crippen LogP contribution in [0.5, 0.6) is 0 Å². The summed E-state index contributed by atoms with van der Waals surface area (Å²) in [6, 6.07) is 2.31. The highest BCUT2D eigenvalue weighted by Gasteiger charge is 2.26. The monoisotopic (exact) mass is 330 g/mol. The summed E-state index contributed by atoms with van der Waals surface area (Å²) in [5.41, 5.74) is 0.0806. The maximum Gasteiger partial charge on any atom is 0.295 e. The molecule has 0 bridgehead atoms. The van der Waals surface area contributed by atoms with Crippen LogP contribution in [-0.4, -0.2) is 24.3 Å². The lowest BCUT2D eigenvalue weighted by Gasteiger charge is -2.31. The van der Waals surface area contributed by atoms with Gasteiger partial charge in [0.25, 0.3) is 5.69 Å². The molecule has 1 heterocycles. The number of aldehydes is 1. The Balaban J connectivity index is 2.40. The normalized spacial score (nSPS) is 19.3. The molecule has 1 fully saturated rings. The quantitative estimate of drug-likeness (QED) is 0.485. The van der Waals surface area contributed by atoms with Crippen LogP contribution in [0.3, 0.4) is 0 Å². The van der Waals surface area contributed by atoms with Crippen LogP contribution in [0.15, 0.2) is 16.6 Å². The minimum Gasteiger partial charge on any atom is -0.365 e. The number of benzene rings is 1. The average molecular weight is 331 g/mol. The van der Waals surface area contributed by atoms with Crippen molar-refractivity contribution in [3.8, 4) is 0 Å². The van der Waals surface area contributed by atoms with Crippen molar-refractivity contribution in [3.63, 3.8) is 0 Å². The largest absolute Gasteiger partial charge is 0.365 e. The lowest BCUT2D eigenvalue weighted by Crippen LogP contribution is -2.36. The van der Waals surface area contributed by atoms with Gasteiger partial charge in [0.1, 0.15) is 17.8 Å². The fourth-order valence-corrected chi connectivity index (χ4v) is 2.60. The highest BCUT2D eigenvalue weighted by Crippen LogP contribution is 2.35. The van der Waals surface area contributed by atoms with Crippen LogP contribution < -0.4 is 4.90 Å². The van der Waals surface area contributed by atoms with Crippen LogP contribution in [-0.2, 0) is 4.79 Å². The van der Waals surface area contributed by atoms with Crippen LogP contribution in [0.25, 0.3) is 0 Å². The third kappa shape index (κ3) is 2.91. The molecular formula is C12H12BrFN2O3. The molecule has 5 nitrogen and oxygen atoms in total. The molecule has 1 saturated heterocycles. The van der Waals surface area contributed by atoms with E-state index in [4.69, 9.17) is 0 Å². The number of carbonyl (C=O) groups is 1. The van der Waals surface area contributed by atoms with E-state index < -0.39 is 10.7 Å². The second-order valence-electron chi connectivity index (χ2n) is 4.50. The average Bonchev–Trinajstić information content (AvgIpc) is 2.41. The second kappa shape index (κ2) is 5.64. The summed E-state index contributed by atoms with van der Waals surface area (Å²) in [6.07, 6.45) is 2.45. The Kier molecular flexibility index (Phi) is 4.14. The highest BCUT2D eigenvalue weighted by molar-refractivity contribution is 9.10. The van der Waals surface area contributed by atoms with Crippen molar-refractivity contribution >= 4 is 33.6 Å². The lowest BCUT2D eigenvalue weighted by molar-refractivity contribution is -0.384. The molecule has 102 valence electrons. The Morgan fingerprint density at radius 2 is 2.26 bits per heavy atom. The summed E-state index contributed by atoms with van der Waals surface area (Å²) in [5, 5.41) is 11.0. The van der Waals surface area contributed by atoms with E-state index >= 15 is 0 Å². The Morgan fingerprint density at radius 1 is 1.53 bits per heavy atom. The van der Waals surface area contributed by atoms with Gasteiger partial charge in [0.05, 0.1) is 15.5 Å². The van der Waals surface area contributed by atoms with Gasteiger partial charge in [-0.1, -0.05) is 0 Å². The molecule has 1 unspecified atom stereocenters. The van der Waals surface area contributed by atoms with E-state index in [-0.39, 0.29) is 16.1 Å². The van der Waals surface area contributed by atoms with Crippen molar-refractivity contribution in [1.82, 2.24) is 0 Å². The number of carbonyl (C=O) groups excluding carboxylic acids is 1. The molecular weight excluding hydrogens is 319 g/mol. The van der Waals surface area contributed by atoms with Gasteiger partial charge in [-0.15, -0.1) is 0 Å². The number of nitro benzene ring substituents is 1. The van der Waals surface area contributed by atoms with Crippen molar-refractivity contribution < 1.29 is 14.1 Å². The Hall–Kier alpha value is -1.50.